The molecule has 3 N–H and O–H groups in total. The molecule has 0 saturated carbocycles. The number of primary amides is 1. The fourth-order valence-corrected chi connectivity index (χ4v) is 3.84. The molecular formula is C22H30N4O2. The van der Waals surface area contributed by atoms with Crippen LogP contribution in [0.2, 0.25) is 0 Å². The van der Waals surface area contributed by atoms with Gasteiger partial charge in [-0.15, -0.1) is 0 Å². The van der Waals surface area contributed by atoms with Gasteiger partial charge in [0.2, 0.25) is 11.8 Å². The lowest BCUT2D eigenvalue weighted by molar-refractivity contribution is 0.1000. The molecule has 1 aliphatic rings. The molecule has 1 aromatic heterocycles. The lowest BCUT2D eigenvalue weighted by Gasteiger charge is -2.30. The van der Waals surface area contributed by atoms with Gasteiger partial charge in [-0.3, -0.25) is 4.79 Å². The van der Waals surface area contributed by atoms with Crippen molar-refractivity contribution in [3.05, 3.63) is 53.2 Å². The maximum absolute atomic E-state index is 11.1. The molecule has 0 radical (unpaired) electrons. The van der Waals surface area contributed by atoms with Gasteiger partial charge in [-0.25, -0.2) is 4.98 Å². The van der Waals surface area contributed by atoms with Gasteiger partial charge < -0.3 is 20.7 Å². The van der Waals surface area contributed by atoms with E-state index in [1.807, 2.05) is 6.07 Å². The van der Waals surface area contributed by atoms with Gasteiger partial charge in [0.1, 0.15) is 5.75 Å². The quantitative estimate of drug-likeness (QED) is 0.734. The van der Waals surface area contributed by atoms with E-state index in [9.17, 15) is 4.79 Å². The van der Waals surface area contributed by atoms with Crippen molar-refractivity contribution >= 4 is 5.91 Å². The Bertz CT molecular complexity index is 831. The molecule has 0 bridgehead atoms. The zero-order chi connectivity index (χ0) is 20.3. The third-order valence-corrected chi connectivity index (χ3v) is 4.97. The molecular weight excluding hydrogens is 352 g/mol. The summed E-state index contributed by atoms with van der Waals surface area (Å²) < 4.78 is 5.84. The number of fused-ring (bicyclic) bond motifs is 1. The molecule has 2 aromatic rings. The molecule has 150 valence electrons. The van der Waals surface area contributed by atoms with Crippen LogP contribution in [0.4, 0.5) is 0 Å². The zero-order valence-electron chi connectivity index (χ0n) is 17.2. The van der Waals surface area contributed by atoms with Crippen LogP contribution in [0.15, 0.2) is 36.5 Å². The van der Waals surface area contributed by atoms with E-state index in [1.165, 1.54) is 17.3 Å². The first-order valence-corrected chi connectivity index (χ1v) is 9.65. The lowest BCUT2D eigenvalue weighted by Crippen LogP contribution is -2.42. The van der Waals surface area contributed by atoms with Crippen molar-refractivity contribution in [2.75, 3.05) is 27.2 Å². The maximum Gasteiger partial charge on any atom is 0.250 e. The average molecular weight is 383 g/mol. The van der Waals surface area contributed by atoms with Crippen LogP contribution >= 0.6 is 0 Å². The molecule has 3 rings (SSSR count). The summed E-state index contributed by atoms with van der Waals surface area (Å²) in [4.78, 5) is 17.5. The van der Waals surface area contributed by atoms with Crippen LogP contribution < -0.4 is 15.8 Å². The lowest BCUT2D eigenvalue weighted by atomic mass is 9.92. The van der Waals surface area contributed by atoms with Gasteiger partial charge in [-0.2, -0.15) is 0 Å². The Morgan fingerprint density at radius 3 is 2.64 bits per heavy atom. The summed E-state index contributed by atoms with van der Waals surface area (Å²) in [5.74, 6) is 0.707. The predicted molar refractivity (Wildman–Crippen MR) is 111 cm³/mol. The van der Waals surface area contributed by atoms with Crippen LogP contribution in [0, 0.1) is 5.41 Å². The van der Waals surface area contributed by atoms with E-state index in [-0.39, 0.29) is 5.41 Å². The predicted octanol–water partition coefficient (Wildman–Crippen LogP) is 2.62. The Hall–Kier alpha value is -2.44. The Kier molecular flexibility index (Phi) is 6.01. The first-order valence-electron chi connectivity index (χ1n) is 9.65. The minimum absolute atomic E-state index is 0.231. The smallest absolute Gasteiger partial charge is 0.250 e. The highest BCUT2D eigenvalue weighted by molar-refractivity contribution is 5.92. The molecule has 6 heteroatoms. The number of nitrogens with two attached hydrogens (primary N) is 1. The minimum atomic E-state index is -0.496. The summed E-state index contributed by atoms with van der Waals surface area (Å²) in [6.07, 6.45) is 3.47. The SMILES string of the molecule is CN(C)CC(C)(C)CNC1Cc2ccc(Oc3ccc(C(N)=O)cn3)cc2C1. The highest BCUT2D eigenvalue weighted by Crippen LogP contribution is 2.29. The highest BCUT2D eigenvalue weighted by Gasteiger charge is 2.25. The van der Waals surface area contributed by atoms with Crippen molar-refractivity contribution in [3.8, 4) is 11.6 Å². The number of pyridine rings is 1. The number of aromatic nitrogens is 1. The first kappa shape index (κ1) is 20.3. The van der Waals surface area contributed by atoms with Crippen LogP contribution in [0.25, 0.3) is 0 Å². The number of rotatable bonds is 8. The van der Waals surface area contributed by atoms with Crippen LogP contribution in [0.5, 0.6) is 11.6 Å². The molecule has 1 atom stereocenters. The molecule has 28 heavy (non-hydrogen) atoms. The number of nitrogens with zero attached hydrogens (tertiary/aromatic N) is 2. The average Bonchev–Trinajstić information content (AvgIpc) is 3.02. The number of hydrogen-bond acceptors (Lipinski definition) is 5. The van der Waals surface area contributed by atoms with Crippen LogP contribution in [-0.2, 0) is 12.8 Å². The fourth-order valence-electron chi connectivity index (χ4n) is 3.84. The number of carbonyl (C=O) groups excluding carboxylic acids is 1. The Balaban J connectivity index is 1.58. The Labute approximate surface area is 167 Å². The topological polar surface area (TPSA) is 80.5 Å². The van der Waals surface area contributed by atoms with Gasteiger partial charge >= 0.3 is 0 Å². The van der Waals surface area contributed by atoms with E-state index in [0.29, 0.717) is 17.5 Å². The molecule has 1 aromatic carbocycles. The highest BCUT2D eigenvalue weighted by atomic mass is 16.5. The summed E-state index contributed by atoms with van der Waals surface area (Å²) in [5.41, 5.74) is 8.52. The Morgan fingerprint density at radius 2 is 2.00 bits per heavy atom. The second kappa shape index (κ2) is 8.29. The number of amides is 1. The van der Waals surface area contributed by atoms with Gasteiger partial charge in [-0.05, 0) is 61.7 Å². The first-order chi connectivity index (χ1) is 13.2. The monoisotopic (exact) mass is 382 g/mol. The fraction of sp³-hybridized carbons (Fsp3) is 0.455. The summed E-state index contributed by atoms with van der Waals surface area (Å²) in [5, 5.41) is 3.74. The molecule has 1 aliphatic carbocycles. The molecule has 6 nitrogen and oxygen atoms in total. The van der Waals surface area contributed by atoms with E-state index in [2.05, 4.69) is 55.3 Å². The summed E-state index contributed by atoms with van der Waals surface area (Å²) in [6, 6.07) is 9.93. The molecule has 0 fully saturated rings. The van der Waals surface area contributed by atoms with Crippen molar-refractivity contribution in [2.45, 2.75) is 32.7 Å². The number of nitrogens with one attached hydrogen (secondary N) is 1. The van der Waals surface area contributed by atoms with E-state index < -0.39 is 5.91 Å². The van der Waals surface area contributed by atoms with Gasteiger partial charge in [0.15, 0.2) is 0 Å². The van der Waals surface area contributed by atoms with Crippen molar-refractivity contribution in [2.24, 2.45) is 11.1 Å². The third kappa shape index (κ3) is 5.30. The second-order valence-electron chi connectivity index (χ2n) is 8.67. The standard InChI is InChI=1S/C22H30N4O2/c1-22(2,14-26(3)4)13-25-18-9-15-5-7-19(11-17(15)10-18)28-20-8-6-16(12-24-20)21(23)27/h5-8,11-12,18,25H,9-10,13-14H2,1-4H3,(H2,23,27). The van der Waals surface area contributed by atoms with Crippen molar-refractivity contribution in [1.82, 2.24) is 15.2 Å². The molecule has 0 saturated heterocycles. The van der Waals surface area contributed by atoms with Crippen molar-refractivity contribution in [1.29, 1.82) is 0 Å². The minimum Gasteiger partial charge on any atom is -0.439 e. The van der Waals surface area contributed by atoms with Crippen molar-refractivity contribution in [3.63, 3.8) is 0 Å². The number of carbonyl (C=O) groups is 1. The normalized spacial score (nSPS) is 16.2. The summed E-state index contributed by atoms with van der Waals surface area (Å²) in [6.45, 7) is 6.64. The van der Waals surface area contributed by atoms with E-state index in [1.54, 1.807) is 12.1 Å². The molecule has 0 aliphatic heterocycles. The van der Waals surface area contributed by atoms with Gasteiger partial charge in [0.05, 0.1) is 5.56 Å². The van der Waals surface area contributed by atoms with Crippen LogP contribution in [0.3, 0.4) is 0 Å². The summed E-state index contributed by atoms with van der Waals surface area (Å²) in [7, 11) is 4.23. The number of benzene rings is 1. The number of ether oxygens (including phenoxy) is 1. The largest absolute Gasteiger partial charge is 0.439 e. The number of hydrogen-bond donors (Lipinski definition) is 2. The molecule has 0 spiro atoms. The van der Waals surface area contributed by atoms with Gasteiger partial charge in [-0.1, -0.05) is 19.9 Å². The van der Waals surface area contributed by atoms with Crippen LogP contribution in [0.1, 0.15) is 35.3 Å². The third-order valence-electron chi connectivity index (χ3n) is 4.97. The van der Waals surface area contributed by atoms with Crippen molar-refractivity contribution < 1.29 is 9.53 Å². The van der Waals surface area contributed by atoms with Gasteiger partial charge in [0.25, 0.3) is 0 Å². The maximum atomic E-state index is 11.1. The van der Waals surface area contributed by atoms with E-state index in [0.717, 1.165) is 31.7 Å². The molecule has 1 amide bonds. The summed E-state index contributed by atoms with van der Waals surface area (Å²) >= 11 is 0. The Morgan fingerprint density at radius 1 is 1.25 bits per heavy atom. The molecule has 1 heterocycles. The zero-order valence-corrected chi connectivity index (χ0v) is 17.2. The van der Waals surface area contributed by atoms with Crippen LogP contribution in [-0.4, -0.2) is 49.0 Å². The second-order valence-corrected chi connectivity index (χ2v) is 8.67. The van der Waals surface area contributed by atoms with E-state index in [4.69, 9.17) is 10.5 Å². The van der Waals surface area contributed by atoms with Gasteiger partial charge in [0, 0.05) is 31.4 Å². The molecule has 1 unspecified atom stereocenters. The van der Waals surface area contributed by atoms with E-state index >= 15 is 0 Å².